The molecule has 0 amide bonds. The Morgan fingerprint density at radius 1 is 0.468 bits per heavy atom. The van der Waals surface area contributed by atoms with Crippen molar-refractivity contribution in [3.63, 3.8) is 0 Å². The molecule has 0 aliphatic carbocycles. The zero-order valence-corrected chi connectivity index (χ0v) is 45.5. The number of methoxy groups -OCH3 is 6. The van der Waals surface area contributed by atoms with E-state index in [9.17, 15) is 38.4 Å². The molecule has 0 fully saturated rings. The minimum absolute atomic E-state index is 0.0416. The van der Waals surface area contributed by atoms with Crippen molar-refractivity contribution in [3.8, 4) is 0 Å². The van der Waals surface area contributed by atoms with Crippen molar-refractivity contribution in [2.24, 2.45) is 4.99 Å². The molecule has 19 nitrogen and oxygen atoms in total. The van der Waals surface area contributed by atoms with E-state index >= 15 is 0 Å². The number of esters is 8. The molecule has 20 heteroatoms. The zero-order chi connectivity index (χ0) is 55.5. The molecule has 2 aromatic heterocycles. The summed E-state index contributed by atoms with van der Waals surface area (Å²) < 4.78 is 44.0. The topological polar surface area (TPSA) is 254 Å². The monoisotopic (exact) mass is 1120 g/mol. The van der Waals surface area contributed by atoms with Crippen LogP contribution >= 0.6 is 0 Å². The van der Waals surface area contributed by atoms with E-state index < -0.39 is 87.5 Å². The van der Waals surface area contributed by atoms with Gasteiger partial charge in [0.05, 0.1) is 0 Å². The van der Waals surface area contributed by atoms with Crippen molar-refractivity contribution in [2.45, 2.75) is 89.4 Å². The standard InChI is InChI=1S/C57H61N3O16Se/c1-69-46(61)25-22-38-42(29-50(65)73-5)53(56(68)76-34-36-18-12-8-13-19-36)58-44(38)31-57(43(30-51(66)74-6)40(24-27-48(63)71-3)54(60-57)77-37-20-14-9-15-21-37)32-45-41(28-49(64)72-4)39(23-26-47(62)70-2)52(59-45)55(67)75-33-35-16-10-7-11-17-35/h7-21,58-59H,22-34H2,1-6H3. The molecule has 1 aliphatic heterocycles. The van der Waals surface area contributed by atoms with Gasteiger partial charge in [0.25, 0.3) is 0 Å². The minimum atomic E-state index is -1.65. The SMILES string of the molecule is COC(=O)CCC1=C(CC(=O)OC)C(Cc2[nH]c(C(=O)OCc3ccccc3)c(CCC(=O)OC)c2CC(=O)OC)(Cc2[nH]c(C(=O)OCc3ccccc3)c(CC(=O)OC)c2CCC(=O)OC)N=C1[Se]c1ccccc1. The molecule has 0 spiro atoms. The predicted molar refractivity (Wildman–Crippen MR) is 279 cm³/mol. The summed E-state index contributed by atoms with van der Waals surface area (Å²) in [6.45, 7) is -0.265. The molecule has 2 N–H and O–H groups in total. The molecule has 0 saturated heterocycles. The predicted octanol–water partition coefficient (Wildman–Crippen LogP) is 5.48. The van der Waals surface area contributed by atoms with Crippen LogP contribution in [-0.4, -0.2) is 125 Å². The van der Waals surface area contributed by atoms with Gasteiger partial charge >= 0.3 is 417 Å². The van der Waals surface area contributed by atoms with Crippen LogP contribution in [0, 0.1) is 0 Å². The average Bonchev–Trinajstić information content (AvgIpc) is 4.07. The Hall–Kier alpha value is -8.09. The van der Waals surface area contributed by atoms with Crippen molar-refractivity contribution in [3.05, 3.63) is 158 Å². The van der Waals surface area contributed by atoms with Crippen LogP contribution in [0.3, 0.4) is 0 Å². The van der Waals surface area contributed by atoms with Gasteiger partial charge in [0.1, 0.15) is 0 Å². The van der Waals surface area contributed by atoms with E-state index in [1.54, 1.807) is 48.5 Å². The quantitative estimate of drug-likeness (QED) is 0.0375. The van der Waals surface area contributed by atoms with Gasteiger partial charge in [0, 0.05) is 0 Å². The van der Waals surface area contributed by atoms with Gasteiger partial charge in [0.2, 0.25) is 0 Å². The number of carbonyl (C=O) groups is 8. The number of aromatic nitrogens is 2. The molecular weight excluding hydrogens is 1060 g/mol. The van der Waals surface area contributed by atoms with Crippen LogP contribution in [-0.2, 0) is 118 Å². The van der Waals surface area contributed by atoms with Gasteiger partial charge in [0.15, 0.2) is 0 Å². The van der Waals surface area contributed by atoms with Crippen molar-refractivity contribution in [1.82, 2.24) is 9.97 Å². The molecule has 0 saturated carbocycles. The molecule has 1 atom stereocenters. The second-order valence-corrected chi connectivity index (χ2v) is 19.9. The van der Waals surface area contributed by atoms with Gasteiger partial charge in [-0.25, -0.2) is 0 Å². The van der Waals surface area contributed by atoms with Gasteiger partial charge in [-0.1, -0.05) is 36.4 Å². The fourth-order valence-electron chi connectivity index (χ4n) is 9.03. The third kappa shape index (κ3) is 15.5. The van der Waals surface area contributed by atoms with E-state index in [2.05, 4.69) is 9.97 Å². The first-order valence-electron chi connectivity index (χ1n) is 24.5. The summed E-state index contributed by atoms with van der Waals surface area (Å²) in [5.41, 5.74) is 2.06. The van der Waals surface area contributed by atoms with Crippen LogP contribution in [0.1, 0.15) is 97.8 Å². The molecule has 3 aromatic carbocycles. The number of nitrogens with one attached hydrogen (secondary N) is 2. The number of benzene rings is 3. The molecule has 5 aromatic rings. The van der Waals surface area contributed by atoms with E-state index in [-0.39, 0.29) is 98.4 Å². The van der Waals surface area contributed by atoms with Gasteiger partial charge in [-0.15, -0.1) is 0 Å². The number of aromatic amines is 2. The molecular formula is C57H61N3O16Se. The fourth-order valence-corrected chi connectivity index (χ4v) is 11.3. The first-order chi connectivity index (χ1) is 37.1. The van der Waals surface area contributed by atoms with E-state index in [0.717, 1.165) is 4.46 Å². The van der Waals surface area contributed by atoms with Crippen LogP contribution in [0.4, 0.5) is 0 Å². The van der Waals surface area contributed by atoms with Crippen LogP contribution in [0.25, 0.3) is 0 Å². The van der Waals surface area contributed by atoms with Crippen LogP contribution in [0.5, 0.6) is 0 Å². The Balaban J connectivity index is 1.68. The Morgan fingerprint density at radius 3 is 1.35 bits per heavy atom. The Kier molecular flexibility index (Phi) is 21.3. The average molecular weight is 1120 g/mol. The number of nitrogens with zero attached hydrogens (tertiary/aromatic N) is 1. The number of allylic oxidation sites excluding steroid dienone is 1. The molecule has 0 bridgehead atoms. The third-order valence-electron chi connectivity index (χ3n) is 12.9. The van der Waals surface area contributed by atoms with Gasteiger partial charge in [-0.2, -0.15) is 0 Å². The van der Waals surface area contributed by atoms with Crippen molar-refractivity contribution < 1.29 is 76.3 Å². The normalized spacial score (nSPS) is 13.8. The summed E-state index contributed by atoms with van der Waals surface area (Å²) in [4.78, 5) is 121. The Bertz CT molecular complexity index is 3000. The van der Waals surface area contributed by atoms with Crippen molar-refractivity contribution in [1.29, 1.82) is 0 Å². The second-order valence-electron chi connectivity index (χ2n) is 17.7. The van der Waals surface area contributed by atoms with Crippen LogP contribution in [0.15, 0.2) is 107 Å². The maximum atomic E-state index is 14.4. The molecule has 1 unspecified atom stereocenters. The molecule has 3 heterocycles. The summed E-state index contributed by atoms with van der Waals surface area (Å²) in [6.07, 6.45) is -2.37. The second kappa shape index (κ2) is 28.2. The molecule has 406 valence electrons. The first kappa shape index (κ1) is 58.2. The van der Waals surface area contributed by atoms with Crippen molar-refractivity contribution >= 4 is 71.8 Å². The van der Waals surface area contributed by atoms with Gasteiger partial charge < -0.3 is 0 Å². The number of aliphatic imine (C=N–C) groups is 1. The first-order valence-corrected chi connectivity index (χ1v) is 26.2. The molecule has 1 aliphatic rings. The molecule has 0 radical (unpaired) electrons. The summed E-state index contributed by atoms with van der Waals surface area (Å²) in [6, 6.07) is 27.3. The van der Waals surface area contributed by atoms with E-state index in [4.69, 9.17) is 42.9 Å². The van der Waals surface area contributed by atoms with Crippen molar-refractivity contribution in [2.75, 3.05) is 42.7 Å². The maximum absolute atomic E-state index is 14.4. The number of carbonyl (C=O) groups excluding carboxylic acids is 8. The summed E-state index contributed by atoms with van der Waals surface area (Å²) in [5, 5.41) is 0. The number of H-pyrrole nitrogens is 2. The Labute approximate surface area is 451 Å². The van der Waals surface area contributed by atoms with Crippen LogP contribution < -0.4 is 4.46 Å². The fraction of sp³-hybridized carbons (Fsp3) is 0.351. The number of rotatable bonds is 27. The van der Waals surface area contributed by atoms with Gasteiger partial charge in [-0.05, 0) is 0 Å². The summed E-state index contributed by atoms with van der Waals surface area (Å²) in [7, 11) is 7.35. The van der Waals surface area contributed by atoms with E-state index in [1.165, 1.54) is 42.7 Å². The molecule has 77 heavy (non-hydrogen) atoms. The Morgan fingerprint density at radius 2 is 0.870 bits per heavy atom. The number of hydrogen-bond donors (Lipinski definition) is 2. The summed E-state index contributed by atoms with van der Waals surface area (Å²) >= 11 is -0.607. The number of hydrogen-bond acceptors (Lipinski definition) is 17. The third-order valence-corrected chi connectivity index (χ3v) is 15.1. The van der Waals surface area contributed by atoms with Gasteiger partial charge in [-0.3, -0.25) is 0 Å². The number of ether oxygens (including phenoxy) is 8. The van der Waals surface area contributed by atoms with E-state index in [0.29, 0.717) is 38.1 Å². The van der Waals surface area contributed by atoms with E-state index in [1.807, 2.05) is 42.5 Å². The molecule has 6 rings (SSSR count). The zero-order valence-electron chi connectivity index (χ0n) is 43.7. The summed E-state index contributed by atoms with van der Waals surface area (Å²) in [5.74, 6) is -5.48. The van der Waals surface area contributed by atoms with Crippen LogP contribution in [0.2, 0.25) is 0 Å².